The van der Waals surface area contributed by atoms with Crippen molar-refractivity contribution in [1.29, 1.82) is 0 Å². The molecule has 30 heavy (non-hydrogen) atoms. The van der Waals surface area contributed by atoms with Gasteiger partial charge in [0, 0.05) is 6.08 Å². The predicted molar refractivity (Wildman–Crippen MR) is 104 cm³/mol. The van der Waals surface area contributed by atoms with Crippen molar-refractivity contribution in [1.82, 2.24) is 0 Å². The van der Waals surface area contributed by atoms with Gasteiger partial charge in [0.2, 0.25) is 6.79 Å². The Balaban J connectivity index is 1.64. The third-order valence-electron chi connectivity index (χ3n) is 5.48. The minimum Gasteiger partial charge on any atom is -0.454 e. The number of carbonyl (C=O) groups is 1. The van der Waals surface area contributed by atoms with Crippen LogP contribution in [0.3, 0.4) is 0 Å². The van der Waals surface area contributed by atoms with Crippen molar-refractivity contribution in [3.63, 3.8) is 0 Å². The van der Waals surface area contributed by atoms with E-state index in [1.807, 2.05) is 6.08 Å². The van der Waals surface area contributed by atoms with Crippen molar-refractivity contribution >= 4 is 5.78 Å². The molecule has 166 valence electrons. The number of hydrogen-bond donors (Lipinski definition) is 4. The molecule has 9 nitrogen and oxygen atoms in total. The third kappa shape index (κ3) is 4.51. The minimum atomic E-state index is -1.50. The summed E-state index contributed by atoms with van der Waals surface area (Å²) in [6, 6.07) is 0. The molecule has 0 spiro atoms. The summed E-state index contributed by atoms with van der Waals surface area (Å²) in [5, 5.41) is 38.9. The number of fused-ring (bicyclic) bond motifs is 1. The van der Waals surface area contributed by atoms with Crippen molar-refractivity contribution < 1.29 is 44.2 Å². The number of ether oxygens (including phenoxy) is 4. The summed E-state index contributed by atoms with van der Waals surface area (Å²) in [7, 11) is 0. The summed E-state index contributed by atoms with van der Waals surface area (Å²) in [6.07, 6.45) is 0.879. The molecule has 0 saturated carbocycles. The zero-order valence-electron chi connectivity index (χ0n) is 16.8. The van der Waals surface area contributed by atoms with E-state index in [4.69, 9.17) is 18.9 Å². The van der Waals surface area contributed by atoms with Gasteiger partial charge in [-0.15, -0.1) is 6.58 Å². The topological polar surface area (TPSA) is 135 Å². The van der Waals surface area contributed by atoms with Crippen LogP contribution in [0.2, 0.25) is 0 Å². The average molecular weight is 424 g/mol. The lowest BCUT2D eigenvalue weighted by atomic mass is 9.74. The van der Waals surface area contributed by atoms with Crippen LogP contribution in [0.5, 0.6) is 0 Å². The van der Waals surface area contributed by atoms with Crippen LogP contribution in [0.15, 0.2) is 48.0 Å². The number of aliphatic hydroxyl groups excluding tert-OH is 4. The molecule has 2 heterocycles. The van der Waals surface area contributed by atoms with E-state index in [2.05, 4.69) is 6.58 Å². The Labute approximate surface area is 174 Å². The Kier molecular flexibility index (Phi) is 7.12. The standard InChI is InChI=1S/C21H28O9/c1-3-5-21(8-14-13(7-16(21)23)28-11-29-14)6-4-12(2)10-27-20-19(26)18(25)17(24)15(9-22)30-20/h3-4,7-8,15,17-20,22,24-26H,1,5-6,9-11H2,2H3/b12-4-/t15-,17-,18+,19-,20-,21-/m1/s1. The summed E-state index contributed by atoms with van der Waals surface area (Å²) < 4.78 is 21.6. The number of allylic oxidation sites excluding steroid dienone is 4. The molecule has 0 amide bonds. The fourth-order valence-electron chi connectivity index (χ4n) is 3.60. The van der Waals surface area contributed by atoms with E-state index in [1.54, 1.807) is 19.1 Å². The number of aliphatic hydroxyl groups is 4. The van der Waals surface area contributed by atoms with Crippen LogP contribution >= 0.6 is 0 Å². The first-order valence-electron chi connectivity index (χ1n) is 9.75. The highest BCUT2D eigenvalue weighted by Gasteiger charge is 2.44. The van der Waals surface area contributed by atoms with Gasteiger partial charge in [-0.3, -0.25) is 4.79 Å². The molecule has 2 fully saturated rings. The van der Waals surface area contributed by atoms with Gasteiger partial charge in [0.15, 0.2) is 23.6 Å². The maximum Gasteiger partial charge on any atom is 0.231 e. The number of carbonyl (C=O) groups excluding carboxylic acids is 1. The summed E-state index contributed by atoms with van der Waals surface area (Å²) in [5.74, 6) is 0.872. The second-order valence-electron chi connectivity index (χ2n) is 7.70. The molecule has 0 radical (unpaired) electrons. The SMILES string of the molecule is C=CC[C@@]1(C/C=C(/C)CO[C@@H]2O[C@H](CO)[C@@H](O)[C@H](O)[C@H]2O)C=C2OCOC2=CC1=O. The quantitative estimate of drug-likeness (QED) is 0.399. The maximum absolute atomic E-state index is 12.8. The molecule has 3 rings (SSSR count). The van der Waals surface area contributed by atoms with Gasteiger partial charge in [0.25, 0.3) is 0 Å². The summed E-state index contributed by atoms with van der Waals surface area (Å²) in [4.78, 5) is 12.8. The molecule has 4 N–H and O–H groups in total. The van der Waals surface area contributed by atoms with Crippen molar-refractivity contribution in [3.8, 4) is 0 Å². The van der Waals surface area contributed by atoms with Crippen molar-refractivity contribution in [2.75, 3.05) is 20.0 Å². The zero-order chi connectivity index (χ0) is 21.9. The summed E-state index contributed by atoms with van der Waals surface area (Å²) in [5.41, 5.74) is -0.0708. The van der Waals surface area contributed by atoms with Gasteiger partial charge >= 0.3 is 0 Å². The van der Waals surface area contributed by atoms with Crippen LogP contribution in [0, 0.1) is 5.41 Å². The lowest BCUT2D eigenvalue weighted by Gasteiger charge is -2.39. The Hall–Kier alpha value is -2.01. The van der Waals surface area contributed by atoms with E-state index in [-0.39, 0.29) is 19.2 Å². The van der Waals surface area contributed by atoms with Gasteiger partial charge in [-0.1, -0.05) is 17.7 Å². The number of hydrogen-bond acceptors (Lipinski definition) is 9. The van der Waals surface area contributed by atoms with E-state index in [1.165, 1.54) is 6.08 Å². The van der Waals surface area contributed by atoms with Crippen molar-refractivity contribution in [2.24, 2.45) is 5.41 Å². The highest BCUT2D eigenvalue weighted by molar-refractivity contribution is 5.99. The van der Waals surface area contributed by atoms with E-state index in [0.717, 1.165) is 5.57 Å². The van der Waals surface area contributed by atoms with Gasteiger partial charge in [0.05, 0.1) is 18.6 Å². The largest absolute Gasteiger partial charge is 0.454 e. The normalized spacial score (nSPS) is 36.4. The van der Waals surface area contributed by atoms with Crippen molar-refractivity contribution in [2.45, 2.75) is 50.5 Å². The van der Waals surface area contributed by atoms with Crippen molar-refractivity contribution in [3.05, 3.63) is 48.0 Å². The lowest BCUT2D eigenvalue weighted by molar-refractivity contribution is -0.299. The van der Waals surface area contributed by atoms with E-state index >= 15 is 0 Å². The predicted octanol–water partition coefficient (Wildman–Crippen LogP) is 0.0566. The molecule has 0 aromatic rings. The van der Waals surface area contributed by atoms with E-state index in [9.17, 15) is 25.2 Å². The Bertz CT molecular complexity index is 754. The fourth-order valence-corrected chi connectivity index (χ4v) is 3.60. The van der Waals surface area contributed by atoms with Gasteiger partial charge < -0.3 is 39.4 Å². The smallest absolute Gasteiger partial charge is 0.231 e. The van der Waals surface area contributed by atoms with Crippen LogP contribution in [0.25, 0.3) is 0 Å². The molecule has 2 aliphatic heterocycles. The monoisotopic (exact) mass is 424 g/mol. The first kappa shape index (κ1) is 22.7. The molecule has 9 heteroatoms. The van der Waals surface area contributed by atoms with Crippen LogP contribution in [0.4, 0.5) is 0 Å². The maximum atomic E-state index is 12.8. The van der Waals surface area contributed by atoms with E-state index in [0.29, 0.717) is 24.4 Å². The first-order chi connectivity index (χ1) is 14.3. The number of rotatable bonds is 8. The summed E-state index contributed by atoms with van der Waals surface area (Å²) in [6.45, 7) is 5.15. The Morgan fingerprint density at radius 1 is 1.23 bits per heavy atom. The molecular weight excluding hydrogens is 396 g/mol. The molecule has 0 bridgehead atoms. The van der Waals surface area contributed by atoms with Gasteiger partial charge in [-0.2, -0.15) is 0 Å². The minimum absolute atomic E-state index is 0.0539. The molecule has 0 unspecified atom stereocenters. The zero-order valence-corrected chi connectivity index (χ0v) is 16.8. The molecule has 3 aliphatic rings. The molecule has 6 atom stereocenters. The fraction of sp³-hybridized carbons (Fsp3) is 0.571. The van der Waals surface area contributed by atoms with Crippen LogP contribution in [-0.4, -0.2) is 76.9 Å². The second-order valence-corrected chi connectivity index (χ2v) is 7.70. The molecule has 1 aliphatic carbocycles. The highest BCUT2D eigenvalue weighted by Crippen LogP contribution is 2.40. The molecular formula is C21H28O9. The van der Waals surface area contributed by atoms with Gasteiger partial charge in [0.1, 0.15) is 24.4 Å². The second kappa shape index (κ2) is 9.42. The molecule has 0 aromatic heterocycles. The van der Waals surface area contributed by atoms with Crippen LogP contribution in [-0.2, 0) is 23.7 Å². The Morgan fingerprint density at radius 3 is 2.67 bits per heavy atom. The highest BCUT2D eigenvalue weighted by atomic mass is 16.7. The lowest BCUT2D eigenvalue weighted by Crippen LogP contribution is -2.59. The van der Waals surface area contributed by atoms with Gasteiger partial charge in [-0.25, -0.2) is 0 Å². The number of ketones is 1. The Morgan fingerprint density at radius 2 is 1.97 bits per heavy atom. The van der Waals surface area contributed by atoms with Crippen LogP contribution < -0.4 is 0 Å². The first-order valence-corrected chi connectivity index (χ1v) is 9.75. The molecule has 0 aromatic carbocycles. The summed E-state index contributed by atoms with van der Waals surface area (Å²) >= 11 is 0. The van der Waals surface area contributed by atoms with Crippen LogP contribution in [0.1, 0.15) is 19.8 Å². The third-order valence-corrected chi connectivity index (χ3v) is 5.48. The van der Waals surface area contributed by atoms with E-state index < -0.39 is 42.7 Å². The average Bonchev–Trinajstić information content (AvgIpc) is 3.17. The molecule has 2 saturated heterocycles. The van der Waals surface area contributed by atoms with Gasteiger partial charge in [-0.05, 0) is 25.8 Å².